The minimum atomic E-state index is -0.132. The summed E-state index contributed by atoms with van der Waals surface area (Å²) < 4.78 is 0. The summed E-state index contributed by atoms with van der Waals surface area (Å²) >= 11 is 0. The fraction of sp³-hybridized carbons (Fsp3) is 0.471. The average molecular weight is 304 g/mol. The molecule has 5 heteroatoms. The van der Waals surface area contributed by atoms with E-state index in [-0.39, 0.29) is 30.1 Å². The number of nitrogens with zero attached hydrogens (tertiary/aromatic N) is 1. The molecular formula is C17H24N2O3. The molecular weight excluding hydrogens is 280 g/mol. The SMILES string of the molecule is CCC(C)NC(=O)CCN(C(C)=O)c1ccc(C(C)=O)cc1. The van der Waals surface area contributed by atoms with Crippen molar-refractivity contribution in [3.8, 4) is 0 Å². The van der Waals surface area contributed by atoms with Crippen LogP contribution in [-0.4, -0.2) is 30.2 Å². The maximum absolute atomic E-state index is 11.8. The van der Waals surface area contributed by atoms with Crippen molar-refractivity contribution in [3.05, 3.63) is 29.8 Å². The first-order chi connectivity index (χ1) is 10.3. The first-order valence-electron chi connectivity index (χ1n) is 7.53. The predicted octanol–water partition coefficient (Wildman–Crippen LogP) is 2.55. The molecule has 0 aliphatic rings. The Labute approximate surface area is 131 Å². The fourth-order valence-corrected chi connectivity index (χ4v) is 2.01. The van der Waals surface area contributed by atoms with Crippen LogP contribution in [0.4, 0.5) is 5.69 Å². The summed E-state index contributed by atoms with van der Waals surface area (Å²) in [5, 5.41) is 2.88. The number of carbonyl (C=O) groups excluding carboxylic acids is 3. The van der Waals surface area contributed by atoms with Crippen LogP contribution < -0.4 is 10.2 Å². The van der Waals surface area contributed by atoms with Crippen LogP contribution in [0.25, 0.3) is 0 Å². The van der Waals surface area contributed by atoms with E-state index in [9.17, 15) is 14.4 Å². The molecule has 120 valence electrons. The minimum absolute atomic E-state index is 0.0196. The molecule has 1 atom stereocenters. The Morgan fingerprint density at radius 2 is 1.73 bits per heavy atom. The van der Waals surface area contributed by atoms with Gasteiger partial charge in [-0.15, -0.1) is 0 Å². The van der Waals surface area contributed by atoms with Gasteiger partial charge in [0.25, 0.3) is 0 Å². The van der Waals surface area contributed by atoms with Gasteiger partial charge in [-0.2, -0.15) is 0 Å². The smallest absolute Gasteiger partial charge is 0.223 e. The van der Waals surface area contributed by atoms with Crippen molar-refractivity contribution in [2.75, 3.05) is 11.4 Å². The molecule has 1 aromatic rings. The van der Waals surface area contributed by atoms with Crippen molar-refractivity contribution in [1.29, 1.82) is 0 Å². The molecule has 1 N–H and O–H groups in total. The van der Waals surface area contributed by atoms with Gasteiger partial charge in [0.1, 0.15) is 0 Å². The second kappa shape index (κ2) is 8.32. The Kier molecular flexibility index (Phi) is 6.76. The molecule has 0 fully saturated rings. The Hall–Kier alpha value is -2.17. The van der Waals surface area contributed by atoms with Crippen LogP contribution in [-0.2, 0) is 9.59 Å². The van der Waals surface area contributed by atoms with E-state index in [0.29, 0.717) is 17.8 Å². The third kappa shape index (κ3) is 5.31. The van der Waals surface area contributed by atoms with Gasteiger partial charge >= 0.3 is 0 Å². The predicted molar refractivity (Wildman–Crippen MR) is 87.0 cm³/mol. The lowest BCUT2D eigenvalue weighted by molar-refractivity contribution is -0.121. The van der Waals surface area contributed by atoms with Gasteiger partial charge in [0.15, 0.2) is 5.78 Å². The lowest BCUT2D eigenvalue weighted by atomic mass is 10.1. The topological polar surface area (TPSA) is 66.5 Å². The highest BCUT2D eigenvalue weighted by Crippen LogP contribution is 2.16. The van der Waals surface area contributed by atoms with Gasteiger partial charge < -0.3 is 10.2 Å². The molecule has 0 saturated carbocycles. The van der Waals surface area contributed by atoms with Crippen molar-refractivity contribution in [3.63, 3.8) is 0 Å². The van der Waals surface area contributed by atoms with Crippen LogP contribution in [0.3, 0.4) is 0 Å². The molecule has 1 rings (SSSR count). The molecule has 0 saturated heterocycles. The first kappa shape index (κ1) is 17.9. The molecule has 0 bridgehead atoms. The number of ketones is 1. The Balaban J connectivity index is 2.71. The Morgan fingerprint density at radius 1 is 1.14 bits per heavy atom. The maximum atomic E-state index is 11.8. The third-order valence-corrected chi connectivity index (χ3v) is 3.55. The number of carbonyl (C=O) groups is 3. The summed E-state index contributed by atoms with van der Waals surface area (Å²) in [5.41, 5.74) is 1.29. The number of hydrogen-bond acceptors (Lipinski definition) is 3. The molecule has 0 heterocycles. The first-order valence-corrected chi connectivity index (χ1v) is 7.53. The quantitative estimate of drug-likeness (QED) is 0.787. The van der Waals surface area contributed by atoms with Crippen LogP contribution in [0.2, 0.25) is 0 Å². The lowest BCUT2D eigenvalue weighted by Crippen LogP contribution is -2.36. The van der Waals surface area contributed by atoms with Gasteiger partial charge in [-0.05, 0) is 44.5 Å². The van der Waals surface area contributed by atoms with Crippen LogP contribution >= 0.6 is 0 Å². The van der Waals surface area contributed by atoms with E-state index in [4.69, 9.17) is 0 Å². The van der Waals surface area contributed by atoms with Crippen molar-refractivity contribution in [2.24, 2.45) is 0 Å². The van der Waals surface area contributed by atoms with E-state index in [1.807, 2.05) is 13.8 Å². The second-order valence-electron chi connectivity index (χ2n) is 5.40. The molecule has 0 aliphatic heterocycles. The van der Waals surface area contributed by atoms with E-state index >= 15 is 0 Å². The summed E-state index contributed by atoms with van der Waals surface area (Å²) in [6, 6.07) is 6.96. The van der Waals surface area contributed by atoms with Crippen LogP contribution in [0, 0.1) is 0 Å². The number of amides is 2. The standard InChI is InChI=1S/C17H24N2O3/c1-5-12(2)18-17(22)10-11-19(14(4)21)16-8-6-15(7-9-16)13(3)20/h6-9,12H,5,10-11H2,1-4H3,(H,18,22). The zero-order valence-corrected chi connectivity index (χ0v) is 13.7. The second-order valence-corrected chi connectivity index (χ2v) is 5.40. The van der Waals surface area contributed by atoms with Crippen molar-refractivity contribution in [2.45, 2.75) is 46.6 Å². The molecule has 0 aliphatic carbocycles. The summed E-state index contributed by atoms with van der Waals surface area (Å²) in [4.78, 5) is 36.4. The minimum Gasteiger partial charge on any atom is -0.354 e. The summed E-state index contributed by atoms with van der Waals surface area (Å²) in [6.45, 7) is 7.23. The van der Waals surface area contributed by atoms with Crippen LogP contribution in [0.1, 0.15) is 50.9 Å². The van der Waals surface area contributed by atoms with E-state index in [1.165, 1.54) is 13.8 Å². The highest BCUT2D eigenvalue weighted by molar-refractivity contribution is 5.96. The van der Waals surface area contributed by atoms with E-state index in [2.05, 4.69) is 5.32 Å². The zero-order valence-electron chi connectivity index (χ0n) is 13.7. The molecule has 5 nitrogen and oxygen atoms in total. The van der Waals surface area contributed by atoms with Crippen molar-refractivity contribution < 1.29 is 14.4 Å². The molecule has 1 aromatic carbocycles. The van der Waals surface area contributed by atoms with Gasteiger partial charge in [-0.1, -0.05) is 6.92 Å². The summed E-state index contributed by atoms with van der Waals surface area (Å²) in [6.07, 6.45) is 1.12. The van der Waals surface area contributed by atoms with Crippen LogP contribution in [0.15, 0.2) is 24.3 Å². The number of benzene rings is 1. The zero-order chi connectivity index (χ0) is 16.7. The van der Waals surface area contributed by atoms with E-state index < -0.39 is 0 Å². The maximum Gasteiger partial charge on any atom is 0.223 e. The van der Waals surface area contributed by atoms with Crippen molar-refractivity contribution in [1.82, 2.24) is 5.32 Å². The molecule has 22 heavy (non-hydrogen) atoms. The normalized spacial score (nSPS) is 11.6. The van der Waals surface area contributed by atoms with Gasteiger partial charge in [0, 0.05) is 37.2 Å². The Morgan fingerprint density at radius 3 is 2.18 bits per heavy atom. The highest BCUT2D eigenvalue weighted by atomic mass is 16.2. The van der Waals surface area contributed by atoms with Gasteiger partial charge in [-0.25, -0.2) is 0 Å². The van der Waals surface area contributed by atoms with Gasteiger partial charge in [0.2, 0.25) is 11.8 Å². The fourth-order valence-electron chi connectivity index (χ4n) is 2.01. The summed E-state index contributed by atoms with van der Waals surface area (Å²) in [7, 11) is 0. The lowest BCUT2D eigenvalue weighted by Gasteiger charge is -2.21. The van der Waals surface area contributed by atoms with Crippen LogP contribution in [0.5, 0.6) is 0 Å². The van der Waals surface area contributed by atoms with Gasteiger partial charge in [0.05, 0.1) is 0 Å². The highest BCUT2D eigenvalue weighted by Gasteiger charge is 2.14. The average Bonchev–Trinajstić information content (AvgIpc) is 2.47. The van der Waals surface area contributed by atoms with Gasteiger partial charge in [-0.3, -0.25) is 14.4 Å². The number of Topliss-reactive ketones (excluding diaryl/α,β-unsaturated/α-hetero) is 1. The molecule has 0 spiro atoms. The third-order valence-electron chi connectivity index (χ3n) is 3.55. The molecule has 2 amide bonds. The summed E-state index contributed by atoms with van der Waals surface area (Å²) in [5.74, 6) is -0.221. The molecule has 1 unspecified atom stereocenters. The number of anilines is 1. The molecule has 0 radical (unpaired) electrons. The number of hydrogen-bond donors (Lipinski definition) is 1. The van der Waals surface area contributed by atoms with E-state index in [1.54, 1.807) is 29.2 Å². The Bertz CT molecular complexity index is 537. The van der Waals surface area contributed by atoms with E-state index in [0.717, 1.165) is 6.42 Å². The monoisotopic (exact) mass is 304 g/mol. The molecule has 0 aromatic heterocycles. The van der Waals surface area contributed by atoms with Crippen molar-refractivity contribution >= 4 is 23.3 Å². The largest absolute Gasteiger partial charge is 0.354 e. The number of nitrogens with one attached hydrogen (secondary N) is 1. The number of rotatable bonds is 7.